The number of ether oxygens (including phenoxy) is 1. The fourth-order valence-corrected chi connectivity index (χ4v) is 1.64. The van der Waals surface area contributed by atoms with Gasteiger partial charge in [-0.25, -0.2) is 9.48 Å². The Morgan fingerprint density at radius 2 is 2.19 bits per heavy atom. The van der Waals surface area contributed by atoms with Crippen molar-refractivity contribution in [1.82, 2.24) is 9.78 Å². The van der Waals surface area contributed by atoms with Crippen LogP contribution in [0.25, 0.3) is 5.69 Å². The predicted octanol–water partition coefficient (Wildman–Crippen LogP) is 1.32. The molecule has 2 aromatic rings. The Balaban J connectivity index is 2.48. The normalized spacial score (nSPS) is 10.1. The van der Waals surface area contributed by atoms with E-state index in [-0.39, 0.29) is 18.0 Å². The molecular weight excluding hydrogens is 278 g/mol. The molecular formula is C13H11N3O5. The van der Waals surface area contributed by atoms with Crippen LogP contribution in [-0.4, -0.2) is 27.3 Å². The Labute approximate surface area is 118 Å². The second-order valence-corrected chi connectivity index (χ2v) is 3.97. The van der Waals surface area contributed by atoms with Crippen molar-refractivity contribution in [3.8, 4) is 5.69 Å². The number of nitro benzene ring substituents is 1. The van der Waals surface area contributed by atoms with Gasteiger partial charge in [0.15, 0.2) is 0 Å². The van der Waals surface area contributed by atoms with E-state index >= 15 is 0 Å². The highest BCUT2D eigenvalue weighted by molar-refractivity contribution is 5.86. The summed E-state index contributed by atoms with van der Waals surface area (Å²) in [6.45, 7) is 1.73. The fraction of sp³-hybridized carbons (Fsp3) is 0.154. The zero-order chi connectivity index (χ0) is 15.4. The quantitative estimate of drug-likeness (QED) is 0.477. The zero-order valence-electron chi connectivity index (χ0n) is 11.1. The van der Waals surface area contributed by atoms with Gasteiger partial charge in [0.05, 0.1) is 17.2 Å². The van der Waals surface area contributed by atoms with Gasteiger partial charge in [-0.2, -0.15) is 5.10 Å². The van der Waals surface area contributed by atoms with Crippen LogP contribution >= 0.6 is 0 Å². The maximum atomic E-state index is 11.6. The van der Waals surface area contributed by atoms with Crippen molar-refractivity contribution in [3.63, 3.8) is 0 Å². The smallest absolute Gasteiger partial charge is 0.362 e. The highest BCUT2D eigenvalue weighted by Crippen LogP contribution is 2.15. The molecule has 0 saturated heterocycles. The van der Waals surface area contributed by atoms with Gasteiger partial charge in [0, 0.05) is 24.4 Å². The van der Waals surface area contributed by atoms with Crippen LogP contribution in [0.2, 0.25) is 0 Å². The van der Waals surface area contributed by atoms with Crippen LogP contribution in [0.5, 0.6) is 0 Å². The van der Waals surface area contributed by atoms with E-state index in [2.05, 4.69) is 5.10 Å². The lowest BCUT2D eigenvalue weighted by Crippen LogP contribution is -2.22. The number of nitro groups is 1. The number of carbonyl (C=O) groups is 1. The summed E-state index contributed by atoms with van der Waals surface area (Å²) in [5.41, 5.74) is -0.707. The molecule has 8 heteroatoms. The van der Waals surface area contributed by atoms with E-state index in [9.17, 15) is 19.7 Å². The fourth-order valence-electron chi connectivity index (χ4n) is 1.64. The number of benzene rings is 1. The molecule has 0 aliphatic carbocycles. The average Bonchev–Trinajstić information content (AvgIpc) is 2.48. The highest BCUT2D eigenvalue weighted by atomic mass is 16.6. The first-order valence-electron chi connectivity index (χ1n) is 6.05. The van der Waals surface area contributed by atoms with Crippen LogP contribution in [0.4, 0.5) is 5.69 Å². The summed E-state index contributed by atoms with van der Waals surface area (Å²) >= 11 is 0. The van der Waals surface area contributed by atoms with E-state index in [1.54, 1.807) is 13.0 Å². The maximum Gasteiger partial charge on any atom is 0.362 e. The third kappa shape index (κ3) is 3.11. The number of hydrogen-bond donors (Lipinski definition) is 0. The molecule has 0 fully saturated rings. The molecule has 1 aromatic heterocycles. The summed E-state index contributed by atoms with van der Waals surface area (Å²) in [6.07, 6.45) is 1.32. The molecule has 0 atom stereocenters. The molecule has 0 radical (unpaired) electrons. The minimum Gasteiger partial charge on any atom is -0.461 e. The van der Waals surface area contributed by atoms with E-state index in [0.717, 1.165) is 6.07 Å². The lowest BCUT2D eigenvalue weighted by atomic mass is 10.3. The molecule has 21 heavy (non-hydrogen) atoms. The van der Waals surface area contributed by atoms with Gasteiger partial charge < -0.3 is 4.74 Å². The lowest BCUT2D eigenvalue weighted by molar-refractivity contribution is -0.384. The largest absolute Gasteiger partial charge is 0.461 e. The van der Waals surface area contributed by atoms with Gasteiger partial charge in [0.1, 0.15) is 0 Å². The van der Waals surface area contributed by atoms with Crippen molar-refractivity contribution < 1.29 is 14.5 Å². The van der Waals surface area contributed by atoms with Crippen LogP contribution in [-0.2, 0) is 4.74 Å². The number of carbonyl (C=O) groups excluding carboxylic acids is 1. The third-order valence-electron chi connectivity index (χ3n) is 2.58. The third-order valence-corrected chi connectivity index (χ3v) is 2.58. The van der Waals surface area contributed by atoms with Crippen molar-refractivity contribution in [2.24, 2.45) is 0 Å². The number of aromatic nitrogens is 2. The monoisotopic (exact) mass is 289 g/mol. The van der Waals surface area contributed by atoms with E-state index in [4.69, 9.17) is 4.74 Å². The first kappa shape index (κ1) is 14.4. The topological polar surface area (TPSA) is 104 Å². The van der Waals surface area contributed by atoms with Gasteiger partial charge in [-0.05, 0) is 13.0 Å². The molecule has 1 heterocycles. The van der Waals surface area contributed by atoms with E-state index in [1.165, 1.54) is 29.1 Å². The van der Waals surface area contributed by atoms with Crippen LogP contribution in [0.3, 0.4) is 0 Å². The molecule has 0 saturated carbocycles. The van der Waals surface area contributed by atoms with E-state index < -0.39 is 16.3 Å². The standard InChI is InChI=1S/C13H11N3O5/c1-2-21-13(18)12-11(17)6-7-15(14-12)9-4-3-5-10(8-9)16(19)20/h3-8H,2H2,1H3. The molecule has 108 valence electrons. The molecule has 1 aromatic carbocycles. The molecule has 8 nitrogen and oxygen atoms in total. The minimum absolute atomic E-state index is 0.117. The second-order valence-electron chi connectivity index (χ2n) is 3.97. The van der Waals surface area contributed by atoms with Crippen molar-refractivity contribution in [1.29, 1.82) is 0 Å². The average molecular weight is 289 g/mol. The number of nitrogens with zero attached hydrogens (tertiary/aromatic N) is 3. The summed E-state index contributed by atoms with van der Waals surface area (Å²) in [5.74, 6) is -0.831. The Morgan fingerprint density at radius 1 is 1.43 bits per heavy atom. The van der Waals surface area contributed by atoms with Crippen LogP contribution in [0, 0.1) is 10.1 Å². The highest BCUT2D eigenvalue weighted by Gasteiger charge is 2.15. The predicted molar refractivity (Wildman–Crippen MR) is 72.4 cm³/mol. The number of non-ortho nitro benzene ring substituents is 1. The molecule has 0 bridgehead atoms. The summed E-state index contributed by atoms with van der Waals surface area (Å²) in [7, 11) is 0. The zero-order valence-corrected chi connectivity index (χ0v) is 11.1. The van der Waals surface area contributed by atoms with Gasteiger partial charge in [0.25, 0.3) is 5.69 Å². The van der Waals surface area contributed by atoms with Gasteiger partial charge in [0.2, 0.25) is 11.1 Å². The number of esters is 1. The maximum absolute atomic E-state index is 11.6. The number of hydrogen-bond acceptors (Lipinski definition) is 6. The Morgan fingerprint density at radius 3 is 2.86 bits per heavy atom. The summed E-state index contributed by atoms with van der Waals surface area (Å²) in [5, 5.41) is 14.6. The second kappa shape index (κ2) is 5.95. The molecule has 2 rings (SSSR count). The van der Waals surface area contributed by atoms with Gasteiger partial charge >= 0.3 is 5.97 Å². The molecule has 0 aliphatic heterocycles. The SMILES string of the molecule is CCOC(=O)c1nn(-c2cccc([N+](=O)[O-])c2)ccc1=O. The molecule has 0 aliphatic rings. The van der Waals surface area contributed by atoms with Gasteiger partial charge in [-0.1, -0.05) is 6.07 Å². The van der Waals surface area contributed by atoms with Crippen molar-refractivity contribution in [2.75, 3.05) is 6.61 Å². The van der Waals surface area contributed by atoms with Crippen molar-refractivity contribution in [2.45, 2.75) is 6.92 Å². The van der Waals surface area contributed by atoms with E-state index in [0.29, 0.717) is 5.69 Å². The first-order chi connectivity index (χ1) is 10.0. The molecule has 0 unspecified atom stereocenters. The van der Waals surface area contributed by atoms with Crippen LogP contribution in [0.1, 0.15) is 17.4 Å². The van der Waals surface area contributed by atoms with Gasteiger partial charge in [-0.15, -0.1) is 0 Å². The Kier molecular flexibility index (Phi) is 4.07. The molecule has 0 amide bonds. The van der Waals surface area contributed by atoms with Crippen LogP contribution in [0.15, 0.2) is 41.3 Å². The summed E-state index contributed by atoms with van der Waals surface area (Å²) in [4.78, 5) is 33.4. The van der Waals surface area contributed by atoms with E-state index in [1.807, 2.05) is 0 Å². The van der Waals surface area contributed by atoms with Crippen molar-refractivity contribution >= 4 is 11.7 Å². The Hall–Kier alpha value is -3.03. The summed E-state index contributed by atoms with van der Waals surface area (Å²) < 4.78 is 5.95. The first-order valence-corrected chi connectivity index (χ1v) is 6.05. The van der Waals surface area contributed by atoms with Crippen molar-refractivity contribution in [3.05, 3.63) is 62.6 Å². The Bertz CT molecular complexity index is 753. The van der Waals surface area contributed by atoms with Gasteiger partial charge in [-0.3, -0.25) is 14.9 Å². The molecule has 0 N–H and O–H groups in total. The molecule has 0 spiro atoms. The summed E-state index contributed by atoms with van der Waals surface area (Å²) in [6, 6.07) is 6.82. The number of rotatable bonds is 4. The van der Waals surface area contributed by atoms with Crippen LogP contribution < -0.4 is 5.43 Å². The minimum atomic E-state index is -0.831. The lowest BCUT2D eigenvalue weighted by Gasteiger charge is -2.06.